The standard InChI is InChI=1S/C20H21BrF2NO3P/c1-11-5-6-12(2)19-18(11)13(3)14(4)24(19)10-15-7-8-16(17(21)9-15)20(22,23)28(25,26)27/h5-9H,10H2,1-4H3,(H2,25,26,27). The molecule has 0 aliphatic heterocycles. The predicted molar refractivity (Wildman–Crippen MR) is 110 cm³/mol. The summed E-state index contributed by atoms with van der Waals surface area (Å²) in [5.74, 6) is 0. The van der Waals surface area contributed by atoms with Crippen molar-refractivity contribution in [3.63, 3.8) is 0 Å². The van der Waals surface area contributed by atoms with Crippen LogP contribution in [-0.2, 0) is 16.8 Å². The molecule has 3 aromatic rings. The molecular weight excluding hydrogens is 451 g/mol. The number of benzene rings is 2. The molecule has 28 heavy (non-hydrogen) atoms. The van der Waals surface area contributed by atoms with Gasteiger partial charge in [0.05, 0.1) is 5.52 Å². The van der Waals surface area contributed by atoms with Crippen molar-refractivity contribution in [3.05, 3.63) is 68.3 Å². The van der Waals surface area contributed by atoms with Crippen molar-refractivity contribution in [2.75, 3.05) is 0 Å². The lowest BCUT2D eigenvalue weighted by atomic mass is 10.0. The molecule has 0 saturated carbocycles. The Balaban J connectivity index is 2.10. The number of nitrogens with zero attached hydrogens (tertiary/aromatic N) is 1. The van der Waals surface area contributed by atoms with Gasteiger partial charge >= 0.3 is 13.3 Å². The van der Waals surface area contributed by atoms with Gasteiger partial charge in [0.25, 0.3) is 0 Å². The van der Waals surface area contributed by atoms with E-state index in [2.05, 4.69) is 46.5 Å². The van der Waals surface area contributed by atoms with Crippen LogP contribution in [0, 0.1) is 27.7 Å². The smallest absolute Gasteiger partial charge is 0.340 e. The van der Waals surface area contributed by atoms with Gasteiger partial charge in [-0.1, -0.05) is 40.2 Å². The monoisotopic (exact) mass is 471 g/mol. The molecule has 0 spiro atoms. The van der Waals surface area contributed by atoms with Crippen molar-refractivity contribution in [1.29, 1.82) is 0 Å². The molecule has 4 nitrogen and oxygen atoms in total. The summed E-state index contributed by atoms with van der Waals surface area (Å²) in [6, 6.07) is 8.20. The van der Waals surface area contributed by atoms with E-state index in [9.17, 15) is 13.3 Å². The number of rotatable bonds is 4. The van der Waals surface area contributed by atoms with Crippen molar-refractivity contribution in [2.24, 2.45) is 0 Å². The molecule has 1 heterocycles. The van der Waals surface area contributed by atoms with Crippen molar-refractivity contribution >= 4 is 34.4 Å². The zero-order valence-corrected chi connectivity index (χ0v) is 18.4. The molecule has 0 atom stereocenters. The van der Waals surface area contributed by atoms with E-state index in [1.807, 2.05) is 13.8 Å². The fraction of sp³-hybridized carbons (Fsp3) is 0.300. The van der Waals surface area contributed by atoms with E-state index in [0.29, 0.717) is 6.54 Å². The number of aromatic nitrogens is 1. The Bertz CT molecular complexity index is 1130. The molecule has 3 rings (SSSR count). The van der Waals surface area contributed by atoms with Gasteiger partial charge in [0.2, 0.25) is 0 Å². The van der Waals surface area contributed by atoms with Crippen LogP contribution < -0.4 is 0 Å². The van der Waals surface area contributed by atoms with Crippen LogP contribution in [0.15, 0.2) is 34.8 Å². The van der Waals surface area contributed by atoms with Crippen LogP contribution in [-0.4, -0.2) is 14.4 Å². The second kappa shape index (κ2) is 7.06. The molecule has 0 aliphatic rings. The van der Waals surface area contributed by atoms with Crippen LogP contribution in [0.4, 0.5) is 8.78 Å². The highest BCUT2D eigenvalue weighted by atomic mass is 79.9. The maximum Gasteiger partial charge on any atom is 0.399 e. The van der Waals surface area contributed by atoms with Crippen LogP contribution in [0.2, 0.25) is 0 Å². The number of aryl methyl sites for hydroxylation is 3. The lowest BCUT2D eigenvalue weighted by Crippen LogP contribution is -2.15. The van der Waals surface area contributed by atoms with Crippen LogP contribution in [0.5, 0.6) is 0 Å². The Morgan fingerprint density at radius 2 is 1.68 bits per heavy atom. The first-order chi connectivity index (χ1) is 12.9. The molecule has 1 aromatic heterocycles. The van der Waals surface area contributed by atoms with Gasteiger partial charge in [-0.3, -0.25) is 4.57 Å². The van der Waals surface area contributed by atoms with Gasteiger partial charge in [-0.25, -0.2) is 0 Å². The van der Waals surface area contributed by atoms with Gasteiger partial charge in [-0.2, -0.15) is 8.78 Å². The van der Waals surface area contributed by atoms with E-state index in [1.54, 1.807) is 0 Å². The van der Waals surface area contributed by atoms with Crippen molar-refractivity contribution in [1.82, 2.24) is 4.57 Å². The SMILES string of the molecule is Cc1ccc(C)c2c1c(C)c(C)n2Cc1ccc(C(F)(F)P(=O)(O)O)c(Br)c1. The molecule has 0 saturated heterocycles. The first kappa shape index (κ1) is 21.2. The zero-order chi connectivity index (χ0) is 21.0. The Morgan fingerprint density at radius 1 is 1.07 bits per heavy atom. The third-order valence-corrected chi connectivity index (χ3v) is 6.87. The largest absolute Gasteiger partial charge is 0.399 e. The summed E-state index contributed by atoms with van der Waals surface area (Å²) in [6.07, 6.45) is 0. The Hall–Kier alpha value is -1.53. The first-order valence-corrected chi connectivity index (χ1v) is 11.0. The second-order valence-corrected chi connectivity index (χ2v) is 9.62. The molecule has 2 aromatic carbocycles. The average molecular weight is 472 g/mol. The number of alkyl halides is 2. The third kappa shape index (κ3) is 3.35. The van der Waals surface area contributed by atoms with Crippen molar-refractivity contribution < 1.29 is 23.1 Å². The fourth-order valence-corrected chi connectivity index (χ4v) is 4.94. The summed E-state index contributed by atoms with van der Waals surface area (Å²) in [6.45, 7) is 8.66. The first-order valence-electron chi connectivity index (χ1n) is 8.64. The summed E-state index contributed by atoms with van der Waals surface area (Å²) in [5, 5.41) is 1.20. The molecule has 0 radical (unpaired) electrons. The summed E-state index contributed by atoms with van der Waals surface area (Å²) in [7, 11) is -5.62. The lowest BCUT2D eigenvalue weighted by Gasteiger charge is -2.20. The molecule has 0 fully saturated rings. The summed E-state index contributed by atoms with van der Waals surface area (Å²) in [4.78, 5) is 18.0. The van der Waals surface area contributed by atoms with Gasteiger partial charge in [0.1, 0.15) is 0 Å². The van der Waals surface area contributed by atoms with E-state index >= 15 is 0 Å². The molecule has 0 bridgehead atoms. The maximum absolute atomic E-state index is 14.1. The molecule has 0 amide bonds. The molecular formula is C20H21BrF2NO3P. The van der Waals surface area contributed by atoms with E-state index < -0.39 is 18.8 Å². The van der Waals surface area contributed by atoms with Gasteiger partial charge in [-0.15, -0.1) is 0 Å². The Kier molecular flexibility index (Phi) is 5.34. The van der Waals surface area contributed by atoms with Gasteiger partial charge < -0.3 is 14.4 Å². The zero-order valence-electron chi connectivity index (χ0n) is 15.9. The molecule has 0 unspecified atom stereocenters. The number of hydrogen-bond acceptors (Lipinski definition) is 1. The summed E-state index contributed by atoms with van der Waals surface area (Å²) in [5.41, 5.74) is 1.46. The minimum absolute atomic E-state index is 0.0305. The van der Waals surface area contributed by atoms with E-state index in [0.717, 1.165) is 28.4 Å². The highest BCUT2D eigenvalue weighted by Crippen LogP contribution is 2.60. The summed E-state index contributed by atoms with van der Waals surface area (Å²) < 4.78 is 41.4. The Labute approximate surface area is 170 Å². The topological polar surface area (TPSA) is 62.5 Å². The highest BCUT2D eigenvalue weighted by Gasteiger charge is 2.51. The normalized spacial score (nSPS) is 12.8. The minimum Gasteiger partial charge on any atom is -0.340 e. The van der Waals surface area contributed by atoms with Crippen molar-refractivity contribution in [2.45, 2.75) is 39.9 Å². The Morgan fingerprint density at radius 3 is 2.25 bits per heavy atom. The summed E-state index contributed by atoms with van der Waals surface area (Å²) >= 11 is 3.06. The molecule has 8 heteroatoms. The highest BCUT2D eigenvalue weighted by molar-refractivity contribution is 9.10. The second-order valence-electron chi connectivity index (χ2n) is 7.12. The van der Waals surface area contributed by atoms with Crippen LogP contribution in [0.25, 0.3) is 10.9 Å². The molecule has 150 valence electrons. The molecule has 0 aliphatic carbocycles. The minimum atomic E-state index is -5.62. The number of hydrogen-bond donors (Lipinski definition) is 2. The fourth-order valence-electron chi connectivity index (χ4n) is 3.61. The number of halogens is 3. The van der Waals surface area contributed by atoms with Gasteiger partial charge in [-0.05, 0) is 56.0 Å². The van der Waals surface area contributed by atoms with E-state index in [-0.39, 0.29) is 4.47 Å². The van der Waals surface area contributed by atoms with Crippen molar-refractivity contribution in [3.8, 4) is 0 Å². The van der Waals surface area contributed by atoms with Crippen LogP contribution >= 0.6 is 23.5 Å². The van der Waals surface area contributed by atoms with E-state index in [1.165, 1.54) is 28.6 Å². The van der Waals surface area contributed by atoms with Crippen LogP contribution in [0.1, 0.15) is 33.5 Å². The van der Waals surface area contributed by atoms with E-state index in [4.69, 9.17) is 9.79 Å². The predicted octanol–water partition coefficient (Wildman–Crippen LogP) is 5.91. The average Bonchev–Trinajstić information content (AvgIpc) is 2.83. The van der Waals surface area contributed by atoms with Gasteiger partial charge in [0.15, 0.2) is 0 Å². The lowest BCUT2D eigenvalue weighted by molar-refractivity contribution is 0.0557. The van der Waals surface area contributed by atoms with Gasteiger partial charge in [0, 0.05) is 27.7 Å². The van der Waals surface area contributed by atoms with Crippen LogP contribution in [0.3, 0.4) is 0 Å². The third-order valence-electron chi connectivity index (χ3n) is 5.24. The maximum atomic E-state index is 14.1. The quantitative estimate of drug-likeness (QED) is 0.464. The molecule has 2 N–H and O–H groups in total. The number of fused-ring (bicyclic) bond motifs is 1.